The first-order valence-electron chi connectivity index (χ1n) is 6.27. The van der Waals surface area contributed by atoms with Gasteiger partial charge in [-0.25, -0.2) is 4.79 Å². The molecule has 19 heavy (non-hydrogen) atoms. The van der Waals surface area contributed by atoms with Gasteiger partial charge < -0.3 is 14.2 Å². The molecule has 3 rings (SSSR count). The summed E-state index contributed by atoms with van der Waals surface area (Å²) in [5.74, 6) is -0.563. The number of esters is 2. The van der Waals surface area contributed by atoms with Crippen LogP contribution in [-0.2, 0) is 19.0 Å². The van der Waals surface area contributed by atoms with Gasteiger partial charge in [0.25, 0.3) is 0 Å². The number of fused-ring (bicyclic) bond motifs is 1. The highest BCUT2D eigenvalue weighted by atomic mass is 16.6. The molecule has 1 aromatic carbocycles. The lowest BCUT2D eigenvalue weighted by molar-refractivity contribution is -0.142. The van der Waals surface area contributed by atoms with Crippen molar-refractivity contribution >= 4 is 11.9 Å². The quantitative estimate of drug-likeness (QED) is 0.765. The van der Waals surface area contributed by atoms with E-state index in [1.807, 2.05) is 6.07 Å². The van der Waals surface area contributed by atoms with Crippen molar-refractivity contribution in [1.29, 1.82) is 0 Å². The Morgan fingerprint density at radius 3 is 2.89 bits per heavy atom. The van der Waals surface area contributed by atoms with E-state index in [-0.39, 0.29) is 36.7 Å². The lowest BCUT2D eigenvalue weighted by Crippen LogP contribution is -2.26. The van der Waals surface area contributed by atoms with Gasteiger partial charge >= 0.3 is 11.9 Å². The van der Waals surface area contributed by atoms with E-state index >= 15 is 0 Å². The molecule has 3 atom stereocenters. The molecule has 0 unspecified atom stereocenters. The average molecular weight is 262 g/mol. The molecule has 0 amide bonds. The van der Waals surface area contributed by atoms with Crippen LogP contribution in [0, 0.1) is 5.92 Å². The van der Waals surface area contributed by atoms with Crippen LogP contribution in [0.15, 0.2) is 30.3 Å². The van der Waals surface area contributed by atoms with E-state index in [0.29, 0.717) is 18.6 Å². The van der Waals surface area contributed by atoms with E-state index in [1.165, 1.54) is 0 Å². The Bertz CT molecular complexity index is 484. The van der Waals surface area contributed by atoms with Gasteiger partial charge in [0.15, 0.2) is 0 Å². The molecular weight excluding hydrogens is 248 g/mol. The van der Waals surface area contributed by atoms with Crippen molar-refractivity contribution < 1.29 is 23.8 Å². The zero-order valence-electron chi connectivity index (χ0n) is 10.3. The van der Waals surface area contributed by atoms with E-state index in [1.54, 1.807) is 24.3 Å². The van der Waals surface area contributed by atoms with E-state index in [4.69, 9.17) is 14.2 Å². The molecular formula is C14H14O5. The third kappa shape index (κ3) is 2.46. The second kappa shape index (κ2) is 5.01. The average Bonchev–Trinajstić information content (AvgIpc) is 2.96. The van der Waals surface area contributed by atoms with E-state index in [9.17, 15) is 9.59 Å². The molecule has 2 saturated heterocycles. The summed E-state index contributed by atoms with van der Waals surface area (Å²) >= 11 is 0. The normalized spacial score (nSPS) is 28.8. The van der Waals surface area contributed by atoms with Crippen LogP contribution in [0.3, 0.4) is 0 Å². The molecule has 0 N–H and O–H groups in total. The molecule has 2 fully saturated rings. The molecule has 0 saturated carbocycles. The van der Waals surface area contributed by atoms with Gasteiger partial charge in [0.1, 0.15) is 12.7 Å². The van der Waals surface area contributed by atoms with E-state index in [0.717, 1.165) is 0 Å². The second-order valence-electron chi connectivity index (χ2n) is 4.73. The first-order valence-corrected chi connectivity index (χ1v) is 6.27. The molecule has 2 aliphatic rings. The van der Waals surface area contributed by atoms with Crippen molar-refractivity contribution in [2.75, 3.05) is 13.2 Å². The fraction of sp³-hybridized carbons (Fsp3) is 0.429. The predicted molar refractivity (Wildman–Crippen MR) is 64.5 cm³/mol. The summed E-state index contributed by atoms with van der Waals surface area (Å²) in [5, 5.41) is 0. The Labute approximate surface area is 110 Å². The monoisotopic (exact) mass is 262 g/mol. The first-order chi connectivity index (χ1) is 9.24. The largest absolute Gasteiger partial charge is 0.459 e. The van der Waals surface area contributed by atoms with Gasteiger partial charge in [-0.3, -0.25) is 4.79 Å². The maximum absolute atomic E-state index is 11.8. The number of hydrogen-bond donors (Lipinski definition) is 0. The second-order valence-corrected chi connectivity index (χ2v) is 4.73. The zero-order valence-corrected chi connectivity index (χ0v) is 10.3. The topological polar surface area (TPSA) is 61.8 Å². The maximum atomic E-state index is 11.8. The smallest absolute Gasteiger partial charge is 0.338 e. The molecule has 100 valence electrons. The number of benzene rings is 1. The Balaban J connectivity index is 1.56. The molecule has 5 nitrogen and oxygen atoms in total. The van der Waals surface area contributed by atoms with Crippen LogP contribution in [0.2, 0.25) is 0 Å². The number of rotatable bonds is 3. The third-order valence-electron chi connectivity index (χ3n) is 3.50. The number of ether oxygens (including phenoxy) is 3. The van der Waals surface area contributed by atoms with Gasteiger partial charge in [0, 0.05) is 5.92 Å². The predicted octanol–water partition coefficient (Wildman–Crippen LogP) is 1.17. The molecule has 2 aliphatic heterocycles. The van der Waals surface area contributed by atoms with E-state index in [2.05, 4.69) is 0 Å². The summed E-state index contributed by atoms with van der Waals surface area (Å²) in [4.78, 5) is 23.0. The minimum Gasteiger partial charge on any atom is -0.459 e. The molecule has 0 spiro atoms. The highest BCUT2D eigenvalue weighted by Crippen LogP contribution is 2.33. The summed E-state index contributed by atoms with van der Waals surface area (Å²) < 4.78 is 15.8. The number of hydrogen-bond acceptors (Lipinski definition) is 5. The summed E-state index contributed by atoms with van der Waals surface area (Å²) in [6, 6.07) is 8.79. The molecule has 2 heterocycles. The maximum Gasteiger partial charge on any atom is 0.338 e. The Morgan fingerprint density at radius 1 is 1.32 bits per heavy atom. The molecule has 0 aliphatic carbocycles. The molecule has 0 bridgehead atoms. The molecule has 0 radical (unpaired) electrons. The summed E-state index contributed by atoms with van der Waals surface area (Å²) in [6.45, 7) is 0.551. The highest BCUT2D eigenvalue weighted by molar-refractivity contribution is 5.89. The minimum absolute atomic E-state index is 0.0103. The van der Waals surface area contributed by atoms with Gasteiger partial charge in [0.05, 0.1) is 24.7 Å². The summed E-state index contributed by atoms with van der Waals surface area (Å²) in [7, 11) is 0. The van der Waals surface area contributed by atoms with Crippen molar-refractivity contribution in [2.45, 2.75) is 18.6 Å². The van der Waals surface area contributed by atoms with Crippen LogP contribution >= 0.6 is 0 Å². The number of carbonyl (C=O) groups is 2. The van der Waals surface area contributed by atoms with Crippen molar-refractivity contribution in [3.8, 4) is 0 Å². The summed E-state index contributed by atoms with van der Waals surface area (Å²) in [5.41, 5.74) is 0.510. The van der Waals surface area contributed by atoms with Crippen LogP contribution in [0.5, 0.6) is 0 Å². The minimum atomic E-state index is -0.377. The molecule has 0 aromatic heterocycles. The Morgan fingerprint density at radius 2 is 2.11 bits per heavy atom. The fourth-order valence-corrected chi connectivity index (χ4v) is 2.49. The van der Waals surface area contributed by atoms with Crippen LogP contribution in [0.25, 0.3) is 0 Å². The van der Waals surface area contributed by atoms with Gasteiger partial charge in [-0.1, -0.05) is 18.2 Å². The van der Waals surface area contributed by atoms with Crippen LogP contribution in [0.4, 0.5) is 0 Å². The van der Waals surface area contributed by atoms with Crippen molar-refractivity contribution in [3.63, 3.8) is 0 Å². The Kier molecular flexibility index (Phi) is 3.21. The SMILES string of the molecule is O=C1C[C@@H]2[C@H](COC(=O)c3ccccc3)OC[C@@H]2O1. The molecule has 5 heteroatoms. The van der Waals surface area contributed by atoms with Gasteiger partial charge in [-0.15, -0.1) is 0 Å². The van der Waals surface area contributed by atoms with E-state index < -0.39 is 0 Å². The van der Waals surface area contributed by atoms with Crippen molar-refractivity contribution in [1.82, 2.24) is 0 Å². The third-order valence-corrected chi connectivity index (χ3v) is 3.50. The molecule has 1 aromatic rings. The fourth-order valence-electron chi connectivity index (χ4n) is 2.49. The number of carbonyl (C=O) groups excluding carboxylic acids is 2. The standard InChI is InChI=1S/C14H14O5/c15-13-6-10-11(17-8-12(10)19-13)7-18-14(16)9-4-2-1-3-5-9/h1-5,10-12H,6-8H2/t10-,11+,12+/m1/s1. The van der Waals surface area contributed by atoms with Crippen molar-refractivity contribution in [3.05, 3.63) is 35.9 Å². The van der Waals surface area contributed by atoms with Gasteiger partial charge in [0.2, 0.25) is 0 Å². The van der Waals surface area contributed by atoms with Gasteiger partial charge in [-0.2, -0.15) is 0 Å². The lowest BCUT2D eigenvalue weighted by atomic mass is 9.98. The lowest BCUT2D eigenvalue weighted by Gasteiger charge is -2.14. The van der Waals surface area contributed by atoms with Crippen LogP contribution in [-0.4, -0.2) is 37.4 Å². The Hall–Kier alpha value is -1.88. The van der Waals surface area contributed by atoms with Crippen molar-refractivity contribution in [2.24, 2.45) is 5.92 Å². The van der Waals surface area contributed by atoms with Crippen LogP contribution < -0.4 is 0 Å². The highest BCUT2D eigenvalue weighted by Gasteiger charge is 2.46. The zero-order chi connectivity index (χ0) is 13.2. The van der Waals surface area contributed by atoms with Crippen LogP contribution in [0.1, 0.15) is 16.8 Å². The van der Waals surface area contributed by atoms with Gasteiger partial charge in [-0.05, 0) is 12.1 Å². The first kappa shape index (κ1) is 12.2. The summed E-state index contributed by atoms with van der Waals surface area (Å²) in [6.07, 6.45) is -0.0740.